The maximum atomic E-state index is 11.5. The van der Waals surface area contributed by atoms with Crippen LogP contribution in [0.3, 0.4) is 0 Å². The molecule has 0 saturated carbocycles. The van der Waals surface area contributed by atoms with Crippen LogP contribution in [0, 0.1) is 5.92 Å². The number of carbonyl (C=O) groups is 2. The fourth-order valence-electron chi connectivity index (χ4n) is 2.07. The van der Waals surface area contributed by atoms with E-state index in [1.165, 1.54) is 0 Å². The minimum absolute atomic E-state index is 0.0477. The van der Waals surface area contributed by atoms with E-state index in [1.54, 1.807) is 0 Å². The molecule has 1 aliphatic rings. The van der Waals surface area contributed by atoms with E-state index < -0.39 is 12.1 Å². The zero-order valence-electron chi connectivity index (χ0n) is 10.5. The molecular weight excluding hydrogens is 236 g/mol. The molecule has 1 amide bonds. The van der Waals surface area contributed by atoms with Gasteiger partial charge in [-0.15, -0.1) is 0 Å². The van der Waals surface area contributed by atoms with E-state index in [-0.39, 0.29) is 18.9 Å². The number of hydrogen-bond acceptors (Lipinski definition) is 4. The molecule has 0 spiro atoms. The van der Waals surface area contributed by atoms with E-state index >= 15 is 0 Å². The van der Waals surface area contributed by atoms with Gasteiger partial charge in [-0.25, -0.2) is 4.79 Å². The molecule has 1 heterocycles. The summed E-state index contributed by atoms with van der Waals surface area (Å²) in [5.74, 6) is -0.759. The second-order valence-corrected chi connectivity index (χ2v) is 4.74. The lowest BCUT2D eigenvalue weighted by atomic mass is 9.94. The van der Waals surface area contributed by atoms with Gasteiger partial charge in [0.1, 0.15) is 0 Å². The van der Waals surface area contributed by atoms with Crippen LogP contribution in [0.5, 0.6) is 0 Å². The van der Waals surface area contributed by atoms with Gasteiger partial charge in [0.25, 0.3) is 0 Å². The van der Waals surface area contributed by atoms with Crippen molar-refractivity contribution in [3.8, 4) is 0 Å². The lowest BCUT2D eigenvalue weighted by Crippen LogP contribution is -2.32. The number of rotatable bonds is 7. The first-order chi connectivity index (χ1) is 8.59. The van der Waals surface area contributed by atoms with E-state index in [4.69, 9.17) is 10.2 Å². The van der Waals surface area contributed by atoms with E-state index in [0.29, 0.717) is 12.3 Å². The Morgan fingerprint density at radius 1 is 1.44 bits per heavy atom. The number of aliphatic hydroxyl groups is 1. The Morgan fingerprint density at radius 3 is 2.83 bits per heavy atom. The summed E-state index contributed by atoms with van der Waals surface area (Å²) in [5, 5.41) is 23.4. The van der Waals surface area contributed by atoms with Crippen molar-refractivity contribution in [1.29, 1.82) is 0 Å². The van der Waals surface area contributed by atoms with Crippen molar-refractivity contribution in [2.24, 2.45) is 5.92 Å². The van der Waals surface area contributed by atoms with Gasteiger partial charge in [-0.1, -0.05) is 0 Å². The number of carbonyl (C=O) groups excluding carboxylic acids is 1. The Hall–Kier alpha value is -1.14. The van der Waals surface area contributed by atoms with Crippen LogP contribution in [-0.2, 0) is 9.59 Å². The maximum Gasteiger partial charge on any atom is 0.332 e. The number of amides is 1. The van der Waals surface area contributed by atoms with Crippen molar-refractivity contribution in [2.45, 2.75) is 38.2 Å². The van der Waals surface area contributed by atoms with Gasteiger partial charge in [0.05, 0.1) is 0 Å². The van der Waals surface area contributed by atoms with Crippen molar-refractivity contribution in [3.63, 3.8) is 0 Å². The molecule has 0 bridgehead atoms. The van der Waals surface area contributed by atoms with Crippen LogP contribution < -0.4 is 10.6 Å². The first-order valence-corrected chi connectivity index (χ1v) is 6.48. The zero-order chi connectivity index (χ0) is 13.4. The van der Waals surface area contributed by atoms with Crippen LogP contribution in [0.15, 0.2) is 0 Å². The average molecular weight is 258 g/mol. The molecule has 1 saturated heterocycles. The summed E-state index contributed by atoms with van der Waals surface area (Å²) >= 11 is 0. The molecule has 1 rings (SSSR count). The number of nitrogens with one attached hydrogen (secondary N) is 2. The van der Waals surface area contributed by atoms with Crippen LogP contribution in [0.25, 0.3) is 0 Å². The largest absolute Gasteiger partial charge is 0.479 e. The fourth-order valence-corrected chi connectivity index (χ4v) is 2.07. The van der Waals surface area contributed by atoms with Gasteiger partial charge in [-0.2, -0.15) is 0 Å². The van der Waals surface area contributed by atoms with Gasteiger partial charge < -0.3 is 20.8 Å². The highest BCUT2D eigenvalue weighted by Crippen LogP contribution is 2.15. The molecule has 0 aromatic carbocycles. The van der Waals surface area contributed by atoms with Crippen molar-refractivity contribution in [3.05, 3.63) is 0 Å². The topological polar surface area (TPSA) is 98.7 Å². The fraction of sp³-hybridized carbons (Fsp3) is 0.833. The third-order valence-corrected chi connectivity index (χ3v) is 3.20. The predicted octanol–water partition coefficient (Wildman–Crippen LogP) is -0.282. The number of carboxylic acids is 1. The van der Waals surface area contributed by atoms with Crippen LogP contribution >= 0.6 is 0 Å². The molecule has 0 aromatic heterocycles. The van der Waals surface area contributed by atoms with Crippen LogP contribution in [0.2, 0.25) is 0 Å². The predicted molar refractivity (Wildman–Crippen MR) is 66.1 cm³/mol. The molecule has 18 heavy (non-hydrogen) atoms. The van der Waals surface area contributed by atoms with E-state index in [2.05, 4.69) is 10.6 Å². The number of piperidine rings is 1. The molecule has 104 valence electrons. The quantitative estimate of drug-likeness (QED) is 0.503. The summed E-state index contributed by atoms with van der Waals surface area (Å²) in [7, 11) is 0. The van der Waals surface area contributed by atoms with Crippen LogP contribution in [0.1, 0.15) is 32.1 Å². The molecule has 0 aromatic rings. The Kier molecular flexibility index (Phi) is 6.67. The Balaban J connectivity index is 2.04. The first kappa shape index (κ1) is 14.9. The smallest absolute Gasteiger partial charge is 0.332 e. The number of hydrogen-bond donors (Lipinski definition) is 4. The molecule has 0 radical (unpaired) electrons. The Labute approximate surface area is 107 Å². The summed E-state index contributed by atoms with van der Waals surface area (Å²) < 4.78 is 0. The Bertz CT molecular complexity index is 277. The van der Waals surface area contributed by atoms with Gasteiger partial charge in [0.2, 0.25) is 5.91 Å². The molecule has 2 atom stereocenters. The molecule has 1 aliphatic heterocycles. The monoisotopic (exact) mass is 258 g/mol. The van der Waals surface area contributed by atoms with E-state index in [0.717, 1.165) is 32.4 Å². The molecule has 4 N–H and O–H groups in total. The molecular formula is C12H22N2O4. The zero-order valence-corrected chi connectivity index (χ0v) is 10.5. The second kappa shape index (κ2) is 8.05. The number of aliphatic carboxylic acids is 1. The van der Waals surface area contributed by atoms with Crippen molar-refractivity contribution in [2.75, 3.05) is 19.6 Å². The van der Waals surface area contributed by atoms with Crippen molar-refractivity contribution >= 4 is 11.9 Å². The van der Waals surface area contributed by atoms with Crippen LogP contribution in [0.4, 0.5) is 0 Å². The summed E-state index contributed by atoms with van der Waals surface area (Å²) in [6, 6.07) is 0. The summed E-state index contributed by atoms with van der Waals surface area (Å²) in [5.41, 5.74) is 0. The van der Waals surface area contributed by atoms with Gasteiger partial charge in [0, 0.05) is 19.4 Å². The summed E-state index contributed by atoms with van der Waals surface area (Å²) in [4.78, 5) is 21.8. The highest BCUT2D eigenvalue weighted by molar-refractivity contribution is 5.76. The SMILES string of the molecule is O=C(CCC1CCCNC1)NCCC(O)C(=O)O. The molecule has 0 aliphatic carbocycles. The van der Waals surface area contributed by atoms with E-state index in [9.17, 15) is 9.59 Å². The van der Waals surface area contributed by atoms with Crippen LogP contribution in [-0.4, -0.2) is 47.8 Å². The molecule has 6 nitrogen and oxygen atoms in total. The average Bonchev–Trinajstić information content (AvgIpc) is 2.37. The normalized spacial score (nSPS) is 21.3. The second-order valence-electron chi connectivity index (χ2n) is 4.74. The summed E-state index contributed by atoms with van der Waals surface area (Å²) in [6.45, 7) is 2.25. The third kappa shape index (κ3) is 5.97. The number of aliphatic hydroxyl groups excluding tert-OH is 1. The lowest BCUT2D eigenvalue weighted by molar-refractivity contribution is -0.147. The van der Waals surface area contributed by atoms with E-state index in [1.807, 2.05) is 0 Å². The Morgan fingerprint density at radius 2 is 2.22 bits per heavy atom. The number of carboxylic acid groups (broad SMARTS) is 1. The highest BCUT2D eigenvalue weighted by atomic mass is 16.4. The third-order valence-electron chi connectivity index (χ3n) is 3.20. The van der Waals surface area contributed by atoms with Crippen molar-refractivity contribution < 1.29 is 19.8 Å². The van der Waals surface area contributed by atoms with Gasteiger partial charge in [0.15, 0.2) is 6.10 Å². The summed E-state index contributed by atoms with van der Waals surface area (Å²) in [6.07, 6.45) is 2.31. The molecule has 1 fully saturated rings. The van der Waals surface area contributed by atoms with Gasteiger partial charge >= 0.3 is 5.97 Å². The molecule has 6 heteroatoms. The molecule has 2 unspecified atom stereocenters. The maximum absolute atomic E-state index is 11.5. The van der Waals surface area contributed by atoms with Gasteiger partial charge in [-0.05, 0) is 38.3 Å². The lowest BCUT2D eigenvalue weighted by Gasteiger charge is -2.22. The first-order valence-electron chi connectivity index (χ1n) is 6.48. The van der Waals surface area contributed by atoms with Crippen molar-refractivity contribution in [1.82, 2.24) is 10.6 Å². The minimum atomic E-state index is -1.40. The minimum Gasteiger partial charge on any atom is -0.479 e. The highest BCUT2D eigenvalue weighted by Gasteiger charge is 2.15. The van der Waals surface area contributed by atoms with Gasteiger partial charge in [-0.3, -0.25) is 4.79 Å². The standard InChI is InChI=1S/C12H22N2O4/c15-10(12(17)18)5-7-14-11(16)4-3-9-2-1-6-13-8-9/h9-10,13,15H,1-8H2,(H,14,16)(H,17,18).